The van der Waals surface area contributed by atoms with Crippen LogP contribution in [0.3, 0.4) is 0 Å². The van der Waals surface area contributed by atoms with Gasteiger partial charge in [-0.15, -0.1) is 0 Å². The van der Waals surface area contributed by atoms with Crippen LogP contribution in [0.5, 0.6) is 0 Å². The van der Waals surface area contributed by atoms with E-state index in [0.29, 0.717) is 41.8 Å². The van der Waals surface area contributed by atoms with E-state index in [1.165, 1.54) is 18.3 Å². The number of esters is 1. The molecule has 0 spiro atoms. The summed E-state index contributed by atoms with van der Waals surface area (Å²) in [5.41, 5.74) is 2.68. The molecule has 4 rings (SSSR count). The minimum absolute atomic E-state index is 0.0400. The fourth-order valence-electron chi connectivity index (χ4n) is 3.82. The molecule has 1 fully saturated rings. The van der Waals surface area contributed by atoms with Gasteiger partial charge in [0.2, 0.25) is 5.91 Å². The fourth-order valence-corrected chi connectivity index (χ4v) is 3.82. The first kappa shape index (κ1) is 21.2. The lowest BCUT2D eigenvalue weighted by atomic mass is 10.1. The normalized spacial score (nSPS) is 13.8. The van der Waals surface area contributed by atoms with E-state index in [2.05, 4.69) is 11.1 Å². The predicted molar refractivity (Wildman–Crippen MR) is 116 cm³/mol. The Morgan fingerprint density at radius 1 is 1.22 bits per heavy atom. The molecule has 0 unspecified atom stereocenters. The summed E-state index contributed by atoms with van der Waals surface area (Å²) < 4.78 is 19.2. The number of rotatable bonds is 5. The van der Waals surface area contributed by atoms with Gasteiger partial charge in [0.25, 0.3) is 0 Å². The number of fused-ring (bicyclic) bond motifs is 1. The van der Waals surface area contributed by atoms with Crippen molar-refractivity contribution in [1.82, 2.24) is 9.88 Å². The van der Waals surface area contributed by atoms with E-state index in [9.17, 15) is 14.0 Å². The predicted octanol–water partition coefficient (Wildman–Crippen LogP) is 3.27. The Bertz CT molecular complexity index is 1220. The molecule has 0 aliphatic carbocycles. The summed E-state index contributed by atoms with van der Waals surface area (Å²) in [6, 6.07) is 13.4. The van der Waals surface area contributed by atoms with Crippen LogP contribution in [0.1, 0.15) is 28.4 Å². The number of ether oxygens (including phenoxy) is 1. The van der Waals surface area contributed by atoms with Gasteiger partial charge in [-0.2, -0.15) is 5.26 Å². The van der Waals surface area contributed by atoms with Crippen LogP contribution in [-0.2, 0) is 16.1 Å². The lowest BCUT2D eigenvalue weighted by Crippen LogP contribution is -2.50. The quantitative estimate of drug-likeness (QED) is 0.575. The van der Waals surface area contributed by atoms with Crippen molar-refractivity contribution in [2.75, 3.05) is 31.1 Å². The van der Waals surface area contributed by atoms with Gasteiger partial charge in [-0.05, 0) is 42.8 Å². The van der Waals surface area contributed by atoms with Gasteiger partial charge in [0.1, 0.15) is 11.4 Å². The number of halogens is 1. The van der Waals surface area contributed by atoms with Gasteiger partial charge in [0.15, 0.2) is 0 Å². The Labute approximate surface area is 184 Å². The lowest BCUT2D eigenvalue weighted by molar-refractivity contribution is -0.131. The average molecular weight is 432 g/mol. The Morgan fingerprint density at radius 3 is 2.69 bits per heavy atom. The van der Waals surface area contributed by atoms with Crippen molar-refractivity contribution in [3.05, 3.63) is 71.2 Å². The highest BCUT2D eigenvalue weighted by Gasteiger charge is 2.29. The molecular formula is C24H21FN4O3. The van der Waals surface area contributed by atoms with Gasteiger partial charge < -0.3 is 14.5 Å². The summed E-state index contributed by atoms with van der Waals surface area (Å²) in [7, 11) is 0. The van der Waals surface area contributed by atoms with E-state index in [1.807, 2.05) is 12.1 Å². The minimum Gasteiger partial charge on any atom is -0.462 e. The lowest BCUT2D eigenvalue weighted by Gasteiger charge is -2.36. The summed E-state index contributed by atoms with van der Waals surface area (Å²) in [5, 5.41) is 9.40. The van der Waals surface area contributed by atoms with Crippen molar-refractivity contribution in [2.24, 2.45) is 0 Å². The van der Waals surface area contributed by atoms with E-state index in [1.54, 1.807) is 34.9 Å². The van der Waals surface area contributed by atoms with Crippen LogP contribution in [0.4, 0.5) is 10.1 Å². The van der Waals surface area contributed by atoms with Crippen molar-refractivity contribution in [2.45, 2.75) is 13.5 Å². The maximum absolute atomic E-state index is 14.0. The second kappa shape index (κ2) is 9.02. The van der Waals surface area contributed by atoms with Crippen LogP contribution < -0.4 is 4.90 Å². The number of nitriles is 1. The number of aromatic nitrogens is 1. The molecule has 1 amide bonds. The van der Waals surface area contributed by atoms with Crippen LogP contribution in [0, 0.1) is 17.1 Å². The van der Waals surface area contributed by atoms with Crippen LogP contribution in [-0.4, -0.2) is 48.0 Å². The topological polar surface area (TPSA) is 86.5 Å². The van der Waals surface area contributed by atoms with Gasteiger partial charge >= 0.3 is 5.97 Å². The molecule has 162 valence electrons. The molecule has 0 N–H and O–H groups in total. The van der Waals surface area contributed by atoms with Crippen molar-refractivity contribution >= 4 is 28.5 Å². The summed E-state index contributed by atoms with van der Waals surface area (Å²) in [6.07, 6.45) is 1.42. The zero-order valence-corrected chi connectivity index (χ0v) is 17.5. The number of carbonyl (C=O) groups is 2. The third-order valence-corrected chi connectivity index (χ3v) is 5.39. The first-order valence-electron chi connectivity index (χ1n) is 10.3. The average Bonchev–Trinajstić information content (AvgIpc) is 2.80. The molecule has 3 aromatic rings. The van der Waals surface area contributed by atoms with E-state index in [4.69, 9.17) is 10.00 Å². The third-order valence-electron chi connectivity index (χ3n) is 5.39. The summed E-state index contributed by atoms with van der Waals surface area (Å²) in [4.78, 5) is 33.3. The minimum atomic E-state index is -0.561. The molecule has 7 nitrogen and oxygen atoms in total. The SMILES string of the molecule is CCOC(=O)c1cnc2ccc(F)cc2c1N1CCN(Cc2ccc(C#N)cc2)C(=O)C1. The molecule has 0 atom stereocenters. The van der Waals surface area contributed by atoms with Crippen LogP contribution in [0.25, 0.3) is 10.9 Å². The van der Waals surface area contributed by atoms with E-state index >= 15 is 0 Å². The number of hydrogen-bond donors (Lipinski definition) is 0. The maximum Gasteiger partial charge on any atom is 0.341 e. The van der Waals surface area contributed by atoms with Gasteiger partial charge in [-0.25, -0.2) is 9.18 Å². The number of piperazine rings is 1. The number of nitrogens with zero attached hydrogens (tertiary/aromatic N) is 4. The Kier molecular flexibility index (Phi) is 5.99. The fraction of sp³-hybridized carbons (Fsp3) is 0.250. The highest BCUT2D eigenvalue weighted by molar-refractivity contribution is 6.06. The molecule has 32 heavy (non-hydrogen) atoms. The monoisotopic (exact) mass is 432 g/mol. The smallest absolute Gasteiger partial charge is 0.341 e. The van der Waals surface area contributed by atoms with Gasteiger partial charge in [-0.1, -0.05) is 12.1 Å². The van der Waals surface area contributed by atoms with Gasteiger partial charge in [0.05, 0.1) is 36.0 Å². The number of anilines is 1. The number of pyridine rings is 1. The van der Waals surface area contributed by atoms with E-state index in [-0.39, 0.29) is 24.6 Å². The van der Waals surface area contributed by atoms with Crippen molar-refractivity contribution < 1.29 is 18.7 Å². The van der Waals surface area contributed by atoms with Crippen LogP contribution in [0.15, 0.2) is 48.7 Å². The first-order valence-corrected chi connectivity index (χ1v) is 10.3. The third kappa shape index (κ3) is 4.23. The summed E-state index contributed by atoms with van der Waals surface area (Å²) in [6.45, 7) is 3.26. The maximum atomic E-state index is 14.0. The molecule has 0 saturated carbocycles. The van der Waals surface area contributed by atoms with E-state index in [0.717, 1.165) is 5.56 Å². The molecule has 1 aliphatic heterocycles. The summed E-state index contributed by atoms with van der Waals surface area (Å²) >= 11 is 0. The summed E-state index contributed by atoms with van der Waals surface area (Å²) in [5.74, 6) is -1.13. The first-order chi connectivity index (χ1) is 15.5. The van der Waals surface area contributed by atoms with Crippen molar-refractivity contribution in [3.63, 3.8) is 0 Å². The molecule has 0 radical (unpaired) electrons. The number of amides is 1. The highest BCUT2D eigenvalue weighted by atomic mass is 19.1. The number of carbonyl (C=O) groups excluding carboxylic acids is 2. The molecule has 1 aliphatic rings. The Balaban J connectivity index is 1.62. The van der Waals surface area contributed by atoms with Crippen molar-refractivity contribution in [3.8, 4) is 6.07 Å². The van der Waals surface area contributed by atoms with Gasteiger partial charge in [-0.3, -0.25) is 9.78 Å². The molecule has 0 bridgehead atoms. The Hall–Kier alpha value is -3.99. The number of benzene rings is 2. The second-order valence-corrected chi connectivity index (χ2v) is 7.45. The second-order valence-electron chi connectivity index (χ2n) is 7.45. The van der Waals surface area contributed by atoms with Gasteiger partial charge in [0, 0.05) is 31.2 Å². The highest BCUT2D eigenvalue weighted by Crippen LogP contribution is 2.32. The molecule has 1 saturated heterocycles. The van der Waals surface area contributed by atoms with E-state index < -0.39 is 11.8 Å². The largest absolute Gasteiger partial charge is 0.462 e. The van der Waals surface area contributed by atoms with Crippen LogP contribution in [0.2, 0.25) is 0 Å². The van der Waals surface area contributed by atoms with Crippen molar-refractivity contribution in [1.29, 1.82) is 5.26 Å². The molecule has 2 aromatic carbocycles. The zero-order valence-electron chi connectivity index (χ0n) is 17.5. The molecule has 2 heterocycles. The molecule has 8 heteroatoms. The zero-order chi connectivity index (χ0) is 22.7. The molecule has 1 aromatic heterocycles. The van der Waals surface area contributed by atoms with Crippen LogP contribution >= 0.6 is 0 Å². The standard InChI is InChI=1S/C24H21FN4O3/c1-2-32-24(31)20-13-27-21-8-7-18(25)11-19(21)23(20)29-10-9-28(22(30)15-29)14-17-5-3-16(12-26)4-6-17/h3-8,11,13H,2,9-10,14-15H2,1H3. The number of hydrogen-bond acceptors (Lipinski definition) is 6. The molecular weight excluding hydrogens is 411 g/mol. The Morgan fingerprint density at radius 2 is 2.00 bits per heavy atom.